The molecule has 3 nitrogen and oxygen atoms in total. The molecule has 0 aliphatic carbocycles. The van der Waals surface area contributed by atoms with Crippen LogP contribution in [0.4, 0.5) is 0 Å². The van der Waals surface area contributed by atoms with E-state index in [4.69, 9.17) is 23.2 Å². The van der Waals surface area contributed by atoms with E-state index in [9.17, 15) is 9.59 Å². The fourth-order valence-electron chi connectivity index (χ4n) is 3.98. The van der Waals surface area contributed by atoms with E-state index in [1.54, 1.807) is 29.2 Å². The molecule has 0 saturated carbocycles. The number of benzene rings is 2. The molecule has 2 aromatic carbocycles. The highest BCUT2D eigenvalue weighted by molar-refractivity contribution is 6.30. The number of amides is 1. The zero-order valence-corrected chi connectivity index (χ0v) is 16.7. The second-order valence-corrected chi connectivity index (χ2v) is 7.79. The molecule has 4 atom stereocenters. The van der Waals surface area contributed by atoms with Gasteiger partial charge in [0.05, 0.1) is 12.1 Å². The summed E-state index contributed by atoms with van der Waals surface area (Å²) in [5, 5.41) is 1.22. The standard InChI is InChI=1S/C22H21Cl2NO2/c1-4-19(26)25-20(15-5-9-17(23)10-6-15)13(2)22(27)14(3)21(25)16-7-11-18(24)12-8-16/h4-14,20-21H,1H2,2-3H3. The van der Waals surface area contributed by atoms with Crippen molar-refractivity contribution < 1.29 is 9.59 Å². The van der Waals surface area contributed by atoms with Gasteiger partial charge in [-0.1, -0.05) is 67.9 Å². The van der Waals surface area contributed by atoms with Crippen LogP contribution in [0.2, 0.25) is 10.0 Å². The van der Waals surface area contributed by atoms with Gasteiger partial charge in [0.25, 0.3) is 0 Å². The highest BCUT2D eigenvalue weighted by atomic mass is 35.5. The monoisotopic (exact) mass is 401 g/mol. The predicted octanol–water partition coefficient (Wildman–Crippen LogP) is 5.65. The van der Waals surface area contributed by atoms with E-state index >= 15 is 0 Å². The minimum Gasteiger partial charge on any atom is -0.324 e. The molecule has 0 N–H and O–H groups in total. The Kier molecular flexibility index (Phi) is 5.73. The first-order valence-electron chi connectivity index (χ1n) is 8.84. The van der Waals surface area contributed by atoms with Crippen LogP contribution in [0.3, 0.4) is 0 Å². The van der Waals surface area contributed by atoms with Crippen LogP contribution in [-0.2, 0) is 9.59 Å². The summed E-state index contributed by atoms with van der Waals surface area (Å²) in [6, 6.07) is 13.8. The van der Waals surface area contributed by atoms with Crippen LogP contribution in [0.15, 0.2) is 61.2 Å². The molecular weight excluding hydrogens is 381 g/mol. The lowest BCUT2D eigenvalue weighted by Crippen LogP contribution is -2.51. The smallest absolute Gasteiger partial charge is 0.247 e. The maximum Gasteiger partial charge on any atom is 0.247 e. The first kappa shape index (κ1) is 19.7. The van der Waals surface area contributed by atoms with Gasteiger partial charge in [-0.15, -0.1) is 0 Å². The summed E-state index contributed by atoms with van der Waals surface area (Å²) in [7, 11) is 0. The summed E-state index contributed by atoms with van der Waals surface area (Å²) in [5.41, 5.74) is 1.75. The van der Waals surface area contributed by atoms with Gasteiger partial charge in [-0.3, -0.25) is 9.59 Å². The third-order valence-corrected chi connectivity index (χ3v) is 5.80. The fraction of sp³-hybridized carbons (Fsp3) is 0.273. The zero-order valence-electron chi connectivity index (χ0n) is 15.2. The molecule has 4 unspecified atom stereocenters. The van der Waals surface area contributed by atoms with Crippen molar-refractivity contribution in [2.75, 3.05) is 0 Å². The van der Waals surface area contributed by atoms with Gasteiger partial charge in [0.1, 0.15) is 5.78 Å². The van der Waals surface area contributed by atoms with Gasteiger partial charge in [-0.25, -0.2) is 0 Å². The summed E-state index contributed by atoms with van der Waals surface area (Å²) in [5.74, 6) is -0.758. The molecule has 1 saturated heterocycles. The Morgan fingerprint density at radius 2 is 1.26 bits per heavy atom. The number of halogens is 2. The number of hydrogen-bond donors (Lipinski definition) is 0. The van der Waals surface area contributed by atoms with Gasteiger partial charge >= 0.3 is 0 Å². The SMILES string of the molecule is C=CC(=O)N1C(c2ccc(Cl)cc2)C(C)C(=O)C(C)C1c1ccc(Cl)cc1. The highest BCUT2D eigenvalue weighted by Crippen LogP contribution is 2.46. The first-order valence-corrected chi connectivity index (χ1v) is 9.60. The van der Waals surface area contributed by atoms with Gasteiger partial charge in [-0.05, 0) is 41.5 Å². The van der Waals surface area contributed by atoms with Crippen LogP contribution >= 0.6 is 23.2 Å². The molecule has 1 aliphatic rings. The molecule has 1 fully saturated rings. The molecular formula is C22H21Cl2NO2. The molecule has 1 heterocycles. The van der Waals surface area contributed by atoms with Crippen molar-refractivity contribution in [1.29, 1.82) is 0 Å². The molecule has 3 rings (SSSR count). The van der Waals surface area contributed by atoms with E-state index in [1.165, 1.54) is 6.08 Å². The number of piperidine rings is 1. The van der Waals surface area contributed by atoms with E-state index < -0.39 is 12.1 Å². The average Bonchev–Trinajstić information content (AvgIpc) is 2.67. The van der Waals surface area contributed by atoms with Crippen molar-refractivity contribution in [3.05, 3.63) is 82.4 Å². The van der Waals surface area contributed by atoms with E-state index in [-0.39, 0.29) is 23.5 Å². The third-order valence-electron chi connectivity index (χ3n) is 5.30. The number of Topliss-reactive ketones (excluding diaryl/α,β-unsaturated/α-hetero) is 1. The summed E-state index contributed by atoms with van der Waals surface area (Å²) < 4.78 is 0. The number of ketones is 1. The normalized spacial score (nSPS) is 25.3. The maximum absolute atomic E-state index is 13.1. The molecule has 0 aromatic heterocycles. The number of carbonyl (C=O) groups excluding carboxylic acids is 2. The Balaban J connectivity index is 2.16. The van der Waals surface area contributed by atoms with Crippen molar-refractivity contribution in [2.24, 2.45) is 11.8 Å². The maximum atomic E-state index is 13.1. The molecule has 140 valence electrons. The Bertz CT molecular complexity index is 799. The van der Waals surface area contributed by atoms with E-state index in [0.717, 1.165) is 11.1 Å². The number of hydrogen-bond acceptors (Lipinski definition) is 2. The van der Waals surface area contributed by atoms with Crippen LogP contribution in [0, 0.1) is 11.8 Å². The zero-order chi connectivity index (χ0) is 19.7. The second-order valence-electron chi connectivity index (χ2n) is 6.92. The molecule has 0 radical (unpaired) electrons. The predicted molar refractivity (Wildman–Crippen MR) is 109 cm³/mol. The number of rotatable bonds is 3. The minimum atomic E-state index is -0.392. The topological polar surface area (TPSA) is 37.4 Å². The molecule has 5 heteroatoms. The van der Waals surface area contributed by atoms with E-state index in [1.807, 2.05) is 38.1 Å². The Morgan fingerprint density at radius 3 is 1.59 bits per heavy atom. The molecule has 1 aliphatic heterocycles. The quantitative estimate of drug-likeness (QED) is 0.623. The highest BCUT2D eigenvalue weighted by Gasteiger charge is 2.47. The molecule has 2 aromatic rings. The van der Waals surface area contributed by atoms with Crippen molar-refractivity contribution in [1.82, 2.24) is 4.90 Å². The van der Waals surface area contributed by atoms with Gasteiger partial charge in [0.15, 0.2) is 0 Å². The molecule has 27 heavy (non-hydrogen) atoms. The van der Waals surface area contributed by atoms with Crippen LogP contribution < -0.4 is 0 Å². The molecule has 0 spiro atoms. The Labute approximate surface area is 169 Å². The molecule has 1 amide bonds. The fourth-order valence-corrected chi connectivity index (χ4v) is 4.23. The largest absolute Gasteiger partial charge is 0.324 e. The van der Waals surface area contributed by atoms with Crippen LogP contribution in [0.25, 0.3) is 0 Å². The van der Waals surface area contributed by atoms with Crippen molar-refractivity contribution in [3.8, 4) is 0 Å². The summed E-state index contributed by atoms with van der Waals surface area (Å²) >= 11 is 12.1. The third kappa shape index (κ3) is 3.67. The minimum absolute atomic E-state index is 0.128. The van der Waals surface area contributed by atoms with Gasteiger partial charge < -0.3 is 4.90 Å². The number of carbonyl (C=O) groups is 2. The lowest BCUT2D eigenvalue weighted by molar-refractivity contribution is -0.148. The van der Waals surface area contributed by atoms with Gasteiger partial charge in [0.2, 0.25) is 5.91 Å². The first-order chi connectivity index (χ1) is 12.8. The van der Waals surface area contributed by atoms with Crippen LogP contribution in [-0.4, -0.2) is 16.6 Å². The Hall–Kier alpha value is -2.10. The average molecular weight is 402 g/mol. The van der Waals surface area contributed by atoms with Crippen LogP contribution in [0.5, 0.6) is 0 Å². The summed E-state index contributed by atoms with van der Waals surface area (Å²) in [4.78, 5) is 27.8. The van der Waals surface area contributed by atoms with Crippen molar-refractivity contribution in [2.45, 2.75) is 25.9 Å². The second kappa shape index (κ2) is 7.87. The lowest BCUT2D eigenvalue weighted by Gasteiger charge is -2.48. The number of nitrogens with zero attached hydrogens (tertiary/aromatic N) is 1. The number of likely N-dealkylation sites (tertiary alicyclic amines) is 1. The van der Waals surface area contributed by atoms with Crippen LogP contribution in [0.1, 0.15) is 37.1 Å². The van der Waals surface area contributed by atoms with E-state index in [0.29, 0.717) is 10.0 Å². The summed E-state index contributed by atoms with van der Waals surface area (Å²) in [6.07, 6.45) is 1.31. The lowest BCUT2D eigenvalue weighted by atomic mass is 9.74. The van der Waals surface area contributed by atoms with Gasteiger partial charge in [0, 0.05) is 21.9 Å². The van der Waals surface area contributed by atoms with Crippen molar-refractivity contribution in [3.63, 3.8) is 0 Å². The Morgan fingerprint density at radius 1 is 0.889 bits per heavy atom. The molecule has 0 bridgehead atoms. The summed E-state index contributed by atoms with van der Waals surface area (Å²) in [6.45, 7) is 7.42. The van der Waals surface area contributed by atoms with Crippen molar-refractivity contribution >= 4 is 34.9 Å². The van der Waals surface area contributed by atoms with Gasteiger partial charge in [-0.2, -0.15) is 0 Å². The van der Waals surface area contributed by atoms with E-state index in [2.05, 4.69) is 6.58 Å².